The smallest absolute Gasteiger partial charge is 0.248 e. The van der Waals surface area contributed by atoms with Gasteiger partial charge in [0.05, 0.1) is 6.20 Å². The van der Waals surface area contributed by atoms with Crippen LogP contribution in [0.15, 0.2) is 46.4 Å². The summed E-state index contributed by atoms with van der Waals surface area (Å²) in [5, 5.41) is 7.16. The van der Waals surface area contributed by atoms with E-state index in [1.54, 1.807) is 12.2 Å². The molecule has 0 aromatic rings. The lowest BCUT2D eigenvalue weighted by atomic mass is 10.2. The maximum Gasteiger partial charge on any atom is 0.248 e. The number of rotatable bonds is 1. The fourth-order valence-electron chi connectivity index (χ4n) is 0.596. The van der Waals surface area contributed by atoms with Crippen molar-refractivity contribution in [3.63, 3.8) is 0 Å². The van der Waals surface area contributed by atoms with Crippen LogP contribution >= 0.6 is 0 Å². The van der Waals surface area contributed by atoms with Crippen LogP contribution in [-0.4, -0.2) is 5.91 Å². The Morgan fingerprint density at radius 1 is 1.36 bits per heavy atom. The average molecular weight is 149 g/mol. The minimum absolute atomic E-state index is 0.417. The third-order valence-corrected chi connectivity index (χ3v) is 1.10. The van der Waals surface area contributed by atoms with E-state index >= 15 is 0 Å². The molecule has 4 heteroatoms. The highest BCUT2D eigenvalue weighted by atomic mass is 16.1. The summed E-state index contributed by atoms with van der Waals surface area (Å²) in [6.07, 6.45) is 7.59. The van der Waals surface area contributed by atoms with Gasteiger partial charge >= 0.3 is 0 Å². The average Bonchev–Trinajstić information content (AvgIpc) is 1.84. The van der Waals surface area contributed by atoms with Crippen molar-refractivity contribution in [3.8, 4) is 0 Å². The summed E-state index contributed by atoms with van der Waals surface area (Å²) in [5.41, 5.74) is 5.44. The molecule has 0 radical (unpaired) electrons. The zero-order chi connectivity index (χ0) is 8.10. The lowest BCUT2D eigenvalue weighted by molar-refractivity contribution is -0.114. The van der Waals surface area contributed by atoms with Crippen molar-refractivity contribution < 1.29 is 4.79 Å². The van der Waals surface area contributed by atoms with Crippen molar-refractivity contribution >= 4 is 5.91 Å². The number of amides is 1. The molecule has 0 fully saturated rings. The molecular formula is C7H7N3O. The lowest BCUT2D eigenvalue weighted by Gasteiger charge is -1.92. The van der Waals surface area contributed by atoms with Crippen molar-refractivity contribution in [1.82, 2.24) is 0 Å². The van der Waals surface area contributed by atoms with E-state index in [1.165, 1.54) is 18.5 Å². The van der Waals surface area contributed by atoms with Crippen LogP contribution in [0.1, 0.15) is 0 Å². The number of hydrogen-bond donors (Lipinski definition) is 1. The molecule has 1 heterocycles. The second kappa shape index (κ2) is 3.46. The number of carbonyl (C=O) groups excluding carboxylic acids is 1. The summed E-state index contributed by atoms with van der Waals surface area (Å²) in [5.74, 6) is -0.469. The number of azo groups is 1. The van der Waals surface area contributed by atoms with E-state index in [2.05, 4.69) is 10.2 Å². The summed E-state index contributed by atoms with van der Waals surface area (Å²) in [6, 6.07) is 0. The molecule has 1 aliphatic heterocycles. The van der Waals surface area contributed by atoms with E-state index in [0.29, 0.717) is 5.57 Å². The molecule has 0 spiro atoms. The van der Waals surface area contributed by atoms with Gasteiger partial charge in [0.25, 0.3) is 0 Å². The largest absolute Gasteiger partial charge is 0.366 e. The number of nitrogens with two attached hydrogens (primary N) is 1. The first-order chi connectivity index (χ1) is 5.30. The van der Waals surface area contributed by atoms with Crippen LogP contribution in [0.4, 0.5) is 0 Å². The number of primary amides is 1. The molecule has 0 aliphatic carbocycles. The standard InChI is InChI=1S/C7H7N3O/c8-7(11)6-2-1-4-9-10-5-3-6/h1-5H,(H2,8,11). The Balaban J connectivity index is 2.87. The Morgan fingerprint density at radius 3 is 2.82 bits per heavy atom. The molecule has 0 saturated heterocycles. The molecule has 0 atom stereocenters. The summed E-state index contributed by atoms with van der Waals surface area (Å²) >= 11 is 0. The first-order valence-electron chi connectivity index (χ1n) is 3.04. The fourth-order valence-corrected chi connectivity index (χ4v) is 0.596. The fraction of sp³-hybridized carbons (Fsp3) is 0. The van der Waals surface area contributed by atoms with E-state index in [4.69, 9.17) is 5.73 Å². The zero-order valence-electron chi connectivity index (χ0n) is 5.77. The first-order valence-corrected chi connectivity index (χ1v) is 3.04. The first kappa shape index (κ1) is 7.40. The van der Waals surface area contributed by atoms with Crippen LogP contribution in [0.3, 0.4) is 0 Å². The molecule has 1 amide bonds. The minimum Gasteiger partial charge on any atom is -0.366 e. The van der Waals surface area contributed by atoms with Gasteiger partial charge in [-0.05, 0) is 18.2 Å². The highest BCUT2D eigenvalue weighted by Gasteiger charge is 1.97. The predicted molar refractivity (Wildman–Crippen MR) is 40.4 cm³/mol. The number of carbonyl (C=O) groups is 1. The Labute approximate surface area is 63.8 Å². The van der Waals surface area contributed by atoms with Gasteiger partial charge in [-0.2, -0.15) is 10.2 Å². The normalized spacial score (nSPS) is 15.5. The topological polar surface area (TPSA) is 67.8 Å². The van der Waals surface area contributed by atoms with Gasteiger partial charge in [-0.25, -0.2) is 0 Å². The van der Waals surface area contributed by atoms with Gasteiger partial charge in [0.15, 0.2) is 0 Å². The van der Waals surface area contributed by atoms with Crippen LogP contribution in [0.5, 0.6) is 0 Å². The highest BCUT2D eigenvalue weighted by molar-refractivity contribution is 5.95. The van der Waals surface area contributed by atoms with Gasteiger partial charge in [0.2, 0.25) is 5.91 Å². The monoisotopic (exact) mass is 149 g/mol. The van der Waals surface area contributed by atoms with Crippen molar-refractivity contribution in [2.45, 2.75) is 0 Å². The number of allylic oxidation sites excluding steroid dienone is 2. The van der Waals surface area contributed by atoms with Crippen LogP contribution in [0.25, 0.3) is 0 Å². The molecule has 0 aromatic carbocycles. The van der Waals surface area contributed by atoms with Crippen LogP contribution in [-0.2, 0) is 4.79 Å². The maximum atomic E-state index is 10.6. The van der Waals surface area contributed by atoms with Gasteiger partial charge in [-0.1, -0.05) is 0 Å². The predicted octanol–water partition coefficient (Wildman–Crippen LogP) is 0.891. The van der Waals surface area contributed by atoms with E-state index < -0.39 is 5.91 Å². The van der Waals surface area contributed by atoms with Gasteiger partial charge in [0, 0.05) is 11.8 Å². The second-order valence-electron chi connectivity index (χ2n) is 1.87. The molecule has 1 rings (SSSR count). The van der Waals surface area contributed by atoms with E-state index in [9.17, 15) is 4.79 Å². The molecule has 0 aromatic heterocycles. The molecule has 11 heavy (non-hydrogen) atoms. The summed E-state index contributed by atoms with van der Waals surface area (Å²) in [7, 11) is 0. The molecule has 0 unspecified atom stereocenters. The summed E-state index contributed by atoms with van der Waals surface area (Å²) < 4.78 is 0. The van der Waals surface area contributed by atoms with Gasteiger partial charge in [-0.3, -0.25) is 4.79 Å². The number of nitrogens with zero attached hydrogens (tertiary/aromatic N) is 2. The van der Waals surface area contributed by atoms with Crippen LogP contribution in [0, 0.1) is 0 Å². The Kier molecular flexibility index (Phi) is 2.32. The highest BCUT2D eigenvalue weighted by Crippen LogP contribution is 1.99. The third-order valence-electron chi connectivity index (χ3n) is 1.10. The quantitative estimate of drug-likeness (QED) is 0.591. The van der Waals surface area contributed by atoms with E-state index in [-0.39, 0.29) is 0 Å². The van der Waals surface area contributed by atoms with Crippen LogP contribution in [0.2, 0.25) is 0 Å². The van der Waals surface area contributed by atoms with Gasteiger partial charge in [-0.15, -0.1) is 0 Å². The van der Waals surface area contributed by atoms with Crippen molar-refractivity contribution in [2.75, 3.05) is 0 Å². The molecule has 56 valence electrons. The molecule has 4 nitrogen and oxygen atoms in total. The van der Waals surface area contributed by atoms with Crippen molar-refractivity contribution in [2.24, 2.45) is 16.0 Å². The van der Waals surface area contributed by atoms with Crippen LogP contribution < -0.4 is 5.73 Å². The molecular weight excluding hydrogens is 142 g/mol. The SMILES string of the molecule is NC(=O)C1=CC=CN=NC=C1. The Bertz CT molecular complexity index is 273. The molecule has 0 saturated carbocycles. The Morgan fingerprint density at radius 2 is 2.09 bits per heavy atom. The second-order valence-corrected chi connectivity index (χ2v) is 1.87. The zero-order valence-corrected chi connectivity index (χ0v) is 5.77. The van der Waals surface area contributed by atoms with Crippen molar-refractivity contribution in [1.29, 1.82) is 0 Å². The molecule has 0 bridgehead atoms. The third kappa shape index (κ3) is 2.17. The van der Waals surface area contributed by atoms with Crippen molar-refractivity contribution in [3.05, 3.63) is 36.2 Å². The maximum absolute atomic E-state index is 10.6. The van der Waals surface area contributed by atoms with Gasteiger partial charge in [0.1, 0.15) is 0 Å². The number of hydrogen-bond acceptors (Lipinski definition) is 3. The van der Waals surface area contributed by atoms with Gasteiger partial charge < -0.3 is 5.73 Å². The molecule has 2 N–H and O–H groups in total. The van der Waals surface area contributed by atoms with E-state index in [0.717, 1.165) is 0 Å². The van der Waals surface area contributed by atoms with E-state index in [1.807, 2.05) is 0 Å². The lowest BCUT2D eigenvalue weighted by Crippen LogP contribution is -2.12. The summed E-state index contributed by atoms with van der Waals surface area (Å²) in [6.45, 7) is 0. The minimum atomic E-state index is -0.469. The summed E-state index contributed by atoms with van der Waals surface area (Å²) in [4.78, 5) is 10.6. The molecule has 1 aliphatic rings. The Hall–Kier alpha value is -1.71.